The largest absolute Gasteiger partial charge is 0.481 e. The average molecular weight is 425 g/mol. The number of aliphatic carboxylic acids is 1. The lowest BCUT2D eigenvalue weighted by Gasteiger charge is -2.41. The van der Waals surface area contributed by atoms with Crippen LogP contribution in [0.2, 0.25) is 0 Å². The number of carbonyl (C=O) groups excluding carboxylic acids is 3. The number of halogens is 3. The van der Waals surface area contributed by atoms with E-state index in [4.69, 9.17) is 5.11 Å². The maximum atomic E-state index is 13.0. The van der Waals surface area contributed by atoms with Gasteiger partial charge in [0.2, 0.25) is 11.8 Å². The molecule has 3 amide bonds. The first-order chi connectivity index (χ1) is 12.9. The summed E-state index contributed by atoms with van der Waals surface area (Å²) >= 11 is 0. The van der Waals surface area contributed by atoms with Crippen molar-refractivity contribution in [2.24, 2.45) is 5.92 Å². The molecule has 0 rings (SSSR count). The molecule has 0 saturated heterocycles. The molecule has 0 aromatic heterocycles. The highest BCUT2D eigenvalue weighted by Gasteiger charge is 2.49. The minimum atomic E-state index is -5.15. The van der Waals surface area contributed by atoms with Crippen molar-refractivity contribution in [2.45, 2.75) is 64.8 Å². The van der Waals surface area contributed by atoms with Gasteiger partial charge in [-0.05, 0) is 26.7 Å². The number of hydrogen-bond donors (Lipinski definition) is 1. The third-order valence-corrected chi connectivity index (χ3v) is 5.01. The molecule has 0 aliphatic rings. The van der Waals surface area contributed by atoms with E-state index < -0.39 is 53.4 Å². The second-order valence-electron chi connectivity index (χ2n) is 7.92. The van der Waals surface area contributed by atoms with E-state index in [-0.39, 0.29) is 6.42 Å². The van der Waals surface area contributed by atoms with Gasteiger partial charge in [0, 0.05) is 27.2 Å². The van der Waals surface area contributed by atoms with Crippen molar-refractivity contribution in [3.8, 4) is 0 Å². The first kappa shape index (κ1) is 26.7. The van der Waals surface area contributed by atoms with Gasteiger partial charge in [-0.1, -0.05) is 13.8 Å². The fraction of sp³-hybridized carbons (Fsp3) is 0.778. The van der Waals surface area contributed by atoms with Crippen molar-refractivity contribution in [1.82, 2.24) is 14.7 Å². The molecule has 0 aromatic rings. The molecule has 1 unspecified atom stereocenters. The van der Waals surface area contributed by atoms with Crippen LogP contribution >= 0.6 is 0 Å². The topological polar surface area (TPSA) is 98.2 Å². The fourth-order valence-electron chi connectivity index (χ4n) is 2.86. The lowest BCUT2D eigenvalue weighted by Crippen LogP contribution is -2.62. The molecule has 0 aromatic carbocycles. The van der Waals surface area contributed by atoms with E-state index in [0.717, 1.165) is 25.8 Å². The van der Waals surface area contributed by atoms with Crippen molar-refractivity contribution in [3.05, 3.63) is 0 Å². The number of nitrogens with zero attached hydrogens (tertiary/aromatic N) is 3. The van der Waals surface area contributed by atoms with Gasteiger partial charge in [0.05, 0.1) is 6.42 Å². The van der Waals surface area contributed by atoms with Crippen LogP contribution in [0.3, 0.4) is 0 Å². The molecular weight excluding hydrogens is 395 g/mol. The second kappa shape index (κ2) is 9.45. The Morgan fingerprint density at radius 2 is 1.34 bits per heavy atom. The van der Waals surface area contributed by atoms with E-state index in [1.165, 1.54) is 25.9 Å². The molecule has 0 fully saturated rings. The van der Waals surface area contributed by atoms with Crippen LogP contribution in [0.5, 0.6) is 0 Å². The summed E-state index contributed by atoms with van der Waals surface area (Å²) in [5, 5.41) is 8.91. The molecule has 0 bridgehead atoms. The molecule has 0 heterocycles. The van der Waals surface area contributed by atoms with Crippen LogP contribution in [0.25, 0.3) is 0 Å². The van der Waals surface area contributed by atoms with Crippen LogP contribution in [0.4, 0.5) is 13.2 Å². The second-order valence-corrected chi connectivity index (χ2v) is 7.92. The molecule has 29 heavy (non-hydrogen) atoms. The summed E-state index contributed by atoms with van der Waals surface area (Å²) in [4.78, 5) is 50.9. The summed E-state index contributed by atoms with van der Waals surface area (Å²) in [7, 11) is 3.54. The molecule has 11 heteroatoms. The fourth-order valence-corrected chi connectivity index (χ4v) is 2.86. The Labute approximate surface area is 168 Å². The van der Waals surface area contributed by atoms with Gasteiger partial charge in [-0.2, -0.15) is 13.2 Å². The summed E-state index contributed by atoms with van der Waals surface area (Å²) in [6.07, 6.45) is -5.45. The zero-order valence-electron chi connectivity index (χ0n) is 18.0. The lowest BCUT2D eigenvalue weighted by molar-refractivity contribution is -0.191. The SMILES string of the molecule is CC(C)C(C(=O)N(C)[C@H](C)CC(=O)O)N(C)C(=O)C(C)(C)N(C)C(=O)C(F)(F)F. The van der Waals surface area contributed by atoms with E-state index in [1.54, 1.807) is 13.8 Å². The maximum absolute atomic E-state index is 13.0. The van der Waals surface area contributed by atoms with Gasteiger partial charge < -0.3 is 19.8 Å². The van der Waals surface area contributed by atoms with Gasteiger partial charge in [0.1, 0.15) is 11.6 Å². The van der Waals surface area contributed by atoms with Gasteiger partial charge in [0.25, 0.3) is 0 Å². The zero-order valence-corrected chi connectivity index (χ0v) is 18.0. The van der Waals surface area contributed by atoms with E-state index in [9.17, 15) is 32.3 Å². The van der Waals surface area contributed by atoms with E-state index in [0.29, 0.717) is 4.90 Å². The highest BCUT2D eigenvalue weighted by Crippen LogP contribution is 2.26. The average Bonchev–Trinajstić information content (AvgIpc) is 2.56. The monoisotopic (exact) mass is 425 g/mol. The minimum Gasteiger partial charge on any atom is -0.481 e. The smallest absolute Gasteiger partial charge is 0.471 e. The predicted octanol–water partition coefficient (Wildman–Crippen LogP) is 1.59. The predicted molar refractivity (Wildman–Crippen MR) is 98.8 cm³/mol. The van der Waals surface area contributed by atoms with E-state index >= 15 is 0 Å². The number of rotatable bonds is 8. The van der Waals surface area contributed by atoms with Gasteiger partial charge in [0.15, 0.2) is 0 Å². The Hall–Kier alpha value is -2.33. The lowest BCUT2D eigenvalue weighted by atomic mass is 9.95. The zero-order chi connectivity index (χ0) is 23.5. The molecular formula is C18H30F3N3O5. The number of alkyl halides is 3. The van der Waals surface area contributed by atoms with Crippen molar-refractivity contribution in [1.29, 1.82) is 0 Å². The maximum Gasteiger partial charge on any atom is 0.471 e. The van der Waals surface area contributed by atoms with Crippen LogP contribution in [-0.4, -0.2) is 88.4 Å². The van der Waals surface area contributed by atoms with Crippen molar-refractivity contribution >= 4 is 23.7 Å². The van der Waals surface area contributed by atoms with Gasteiger partial charge in [-0.25, -0.2) is 0 Å². The third-order valence-electron chi connectivity index (χ3n) is 5.01. The summed E-state index contributed by atoms with van der Waals surface area (Å²) in [5.41, 5.74) is -1.87. The highest BCUT2D eigenvalue weighted by atomic mass is 19.4. The molecule has 8 nitrogen and oxygen atoms in total. The molecule has 0 saturated carbocycles. The molecule has 168 valence electrons. The Balaban J connectivity index is 5.76. The van der Waals surface area contributed by atoms with Crippen LogP contribution in [0, 0.1) is 5.92 Å². The molecule has 1 N–H and O–H groups in total. The Kier molecular flexibility index (Phi) is 8.69. The number of likely N-dealkylation sites (N-methyl/N-ethyl adjacent to an activating group) is 3. The molecule has 0 spiro atoms. The van der Waals surface area contributed by atoms with Crippen molar-refractivity contribution in [3.63, 3.8) is 0 Å². The number of hydrogen-bond acceptors (Lipinski definition) is 4. The number of carbonyl (C=O) groups is 4. The van der Waals surface area contributed by atoms with Crippen molar-refractivity contribution in [2.75, 3.05) is 21.1 Å². The van der Waals surface area contributed by atoms with E-state index in [1.807, 2.05) is 0 Å². The van der Waals surface area contributed by atoms with Gasteiger partial charge in [-0.15, -0.1) is 0 Å². The van der Waals surface area contributed by atoms with Crippen LogP contribution in [0.1, 0.15) is 41.0 Å². The first-order valence-corrected chi connectivity index (χ1v) is 8.98. The number of amides is 3. The van der Waals surface area contributed by atoms with Crippen LogP contribution in [0.15, 0.2) is 0 Å². The highest BCUT2D eigenvalue weighted by molar-refractivity contribution is 5.95. The quantitative estimate of drug-likeness (QED) is 0.637. The number of carboxylic acids is 1. The van der Waals surface area contributed by atoms with Crippen molar-refractivity contribution < 1.29 is 37.5 Å². The Bertz CT molecular complexity index is 649. The minimum absolute atomic E-state index is 0.296. The number of carboxylic acid groups (broad SMARTS) is 1. The molecule has 0 radical (unpaired) electrons. The summed E-state index contributed by atoms with van der Waals surface area (Å²) in [6, 6.07) is -1.72. The third kappa shape index (κ3) is 6.33. The normalized spacial score (nSPS) is 14.2. The summed E-state index contributed by atoms with van der Waals surface area (Å²) < 4.78 is 38.4. The standard InChI is InChI=1S/C18H30F3N3O5/c1-10(2)13(14(27)22(6)11(3)9-12(25)26)23(7)15(28)17(4,5)24(8)16(29)18(19,20)21/h10-11,13H,9H2,1-8H3,(H,25,26)/t11-,13?/m1/s1. The molecule has 2 atom stereocenters. The van der Waals surface area contributed by atoms with Crippen LogP contribution in [-0.2, 0) is 19.2 Å². The summed E-state index contributed by atoms with van der Waals surface area (Å²) in [6.45, 7) is 7.16. The van der Waals surface area contributed by atoms with Crippen LogP contribution < -0.4 is 0 Å². The first-order valence-electron chi connectivity index (χ1n) is 8.98. The van der Waals surface area contributed by atoms with Gasteiger partial charge in [-0.3, -0.25) is 19.2 Å². The van der Waals surface area contributed by atoms with Gasteiger partial charge >= 0.3 is 18.1 Å². The molecule has 0 aliphatic carbocycles. The Morgan fingerprint density at radius 1 is 0.897 bits per heavy atom. The Morgan fingerprint density at radius 3 is 1.69 bits per heavy atom. The van der Waals surface area contributed by atoms with E-state index in [2.05, 4.69) is 0 Å². The molecule has 0 aliphatic heterocycles. The summed E-state index contributed by atoms with van der Waals surface area (Å²) in [5.74, 6) is -5.11.